The number of hydrogen-bond donors (Lipinski definition) is 1. The van der Waals surface area contributed by atoms with Crippen LogP contribution in [-0.2, 0) is 6.54 Å². The molecule has 15 heavy (non-hydrogen) atoms. The second-order valence-electron chi connectivity index (χ2n) is 2.83. The summed E-state index contributed by atoms with van der Waals surface area (Å²) < 4.78 is 35.2. The molecule has 0 aromatic carbocycles. The summed E-state index contributed by atoms with van der Waals surface area (Å²) in [6.07, 6.45) is 3.34. The molecule has 84 valence electrons. The zero-order valence-electron chi connectivity index (χ0n) is 7.92. The molecule has 0 bridgehead atoms. The van der Waals surface area contributed by atoms with Crippen molar-refractivity contribution in [3.8, 4) is 0 Å². The van der Waals surface area contributed by atoms with E-state index in [-0.39, 0.29) is 17.5 Å². The molecule has 0 aliphatic rings. The van der Waals surface area contributed by atoms with Crippen molar-refractivity contribution in [3.05, 3.63) is 30.1 Å². The minimum Gasteiger partial charge on any atom is -0.312 e. The van der Waals surface area contributed by atoms with Gasteiger partial charge in [-0.05, 0) is 23.4 Å². The molecule has 0 radical (unpaired) electrons. The second kappa shape index (κ2) is 5.97. The molecule has 0 aliphatic carbocycles. The van der Waals surface area contributed by atoms with Crippen molar-refractivity contribution in [2.45, 2.75) is 12.1 Å². The average molecular weight is 236 g/mol. The van der Waals surface area contributed by atoms with Crippen LogP contribution in [0.5, 0.6) is 0 Å². The minimum atomic E-state index is -4.13. The zero-order valence-corrected chi connectivity index (χ0v) is 8.74. The Labute approximate surface area is 90.3 Å². The van der Waals surface area contributed by atoms with E-state index in [9.17, 15) is 13.2 Å². The SMILES string of the molecule is FC(F)(F)SCCNCc1cccnc1. The normalized spacial score (nSPS) is 11.7. The Kier molecular flexibility index (Phi) is 4.90. The fourth-order valence-corrected chi connectivity index (χ4v) is 1.45. The van der Waals surface area contributed by atoms with Crippen LogP contribution in [0.15, 0.2) is 24.5 Å². The van der Waals surface area contributed by atoms with Crippen LogP contribution in [0.25, 0.3) is 0 Å². The molecule has 1 heterocycles. The summed E-state index contributed by atoms with van der Waals surface area (Å²) in [5, 5.41) is 2.91. The molecule has 1 N–H and O–H groups in total. The van der Waals surface area contributed by atoms with Crippen molar-refractivity contribution in [1.29, 1.82) is 0 Å². The largest absolute Gasteiger partial charge is 0.441 e. The van der Waals surface area contributed by atoms with Gasteiger partial charge >= 0.3 is 5.51 Å². The number of aromatic nitrogens is 1. The van der Waals surface area contributed by atoms with Crippen molar-refractivity contribution in [1.82, 2.24) is 10.3 Å². The summed E-state index contributed by atoms with van der Waals surface area (Å²) in [6, 6.07) is 3.67. The van der Waals surface area contributed by atoms with Gasteiger partial charge in [0.25, 0.3) is 0 Å². The molecule has 1 rings (SSSR count). The minimum absolute atomic E-state index is 0.00942. The van der Waals surface area contributed by atoms with Crippen molar-refractivity contribution < 1.29 is 13.2 Å². The lowest BCUT2D eigenvalue weighted by atomic mass is 10.3. The van der Waals surface area contributed by atoms with E-state index in [0.29, 0.717) is 13.1 Å². The first kappa shape index (κ1) is 12.3. The van der Waals surface area contributed by atoms with E-state index in [2.05, 4.69) is 10.3 Å². The smallest absolute Gasteiger partial charge is 0.312 e. The van der Waals surface area contributed by atoms with Gasteiger partial charge in [-0.15, -0.1) is 0 Å². The summed E-state index contributed by atoms with van der Waals surface area (Å²) in [6.45, 7) is 0.880. The number of rotatable bonds is 5. The standard InChI is InChI=1S/C9H11F3N2S/c10-9(11,12)15-5-4-14-7-8-2-1-3-13-6-8/h1-3,6,14H,4-5,7H2. The molecule has 0 unspecified atom stereocenters. The fraction of sp³-hybridized carbons (Fsp3) is 0.444. The lowest BCUT2D eigenvalue weighted by Gasteiger charge is -2.06. The van der Waals surface area contributed by atoms with Gasteiger partial charge in [-0.1, -0.05) is 6.07 Å². The third-order valence-electron chi connectivity index (χ3n) is 1.60. The fourth-order valence-electron chi connectivity index (χ4n) is 0.974. The van der Waals surface area contributed by atoms with Gasteiger partial charge in [-0.3, -0.25) is 4.98 Å². The van der Waals surface area contributed by atoms with Crippen molar-refractivity contribution in [2.75, 3.05) is 12.3 Å². The molecule has 0 atom stereocenters. The Morgan fingerprint density at radius 3 is 2.80 bits per heavy atom. The molecule has 2 nitrogen and oxygen atoms in total. The molecule has 0 fully saturated rings. The van der Waals surface area contributed by atoms with Crippen LogP contribution in [0.2, 0.25) is 0 Å². The van der Waals surface area contributed by atoms with Crippen LogP contribution in [0.3, 0.4) is 0 Å². The molecule has 0 amide bonds. The summed E-state index contributed by atoms with van der Waals surface area (Å²) in [7, 11) is 0. The maximum atomic E-state index is 11.7. The molecule has 0 spiro atoms. The third-order valence-corrected chi connectivity index (χ3v) is 2.33. The Balaban J connectivity index is 2.08. The van der Waals surface area contributed by atoms with E-state index in [1.165, 1.54) is 0 Å². The highest BCUT2D eigenvalue weighted by molar-refractivity contribution is 8.00. The first-order valence-electron chi connectivity index (χ1n) is 4.38. The van der Waals surface area contributed by atoms with Gasteiger partial charge in [0.15, 0.2) is 0 Å². The van der Waals surface area contributed by atoms with Crippen LogP contribution in [-0.4, -0.2) is 22.8 Å². The van der Waals surface area contributed by atoms with Crippen molar-refractivity contribution in [2.24, 2.45) is 0 Å². The molecule has 0 saturated heterocycles. The monoisotopic (exact) mass is 236 g/mol. The van der Waals surface area contributed by atoms with E-state index in [0.717, 1.165) is 5.56 Å². The van der Waals surface area contributed by atoms with E-state index in [1.54, 1.807) is 18.5 Å². The highest BCUT2D eigenvalue weighted by atomic mass is 32.2. The second-order valence-corrected chi connectivity index (χ2v) is 3.99. The van der Waals surface area contributed by atoms with Gasteiger partial charge in [-0.2, -0.15) is 13.2 Å². The Morgan fingerprint density at radius 1 is 1.40 bits per heavy atom. The van der Waals surface area contributed by atoms with E-state index < -0.39 is 5.51 Å². The molecule has 0 saturated carbocycles. The van der Waals surface area contributed by atoms with Crippen LogP contribution >= 0.6 is 11.8 Å². The number of nitrogens with zero attached hydrogens (tertiary/aromatic N) is 1. The van der Waals surface area contributed by atoms with Crippen molar-refractivity contribution in [3.63, 3.8) is 0 Å². The predicted octanol–water partition coefficient (Wildman–Crippen LogP) is 2.42. The van der Waals surface area contributed by atoms with Crippen molar-refractivity contribution >= 4 is 11.8 Å². The van der Waals surface area contributed by atoms with Gasteiger partial charge in [0.05, 0.1) is 0 Å². The summed E-state index contributed by atoms with van der Waals surface area (Å²) in [5.41, 5.74) is -3.16. The number of halogens is 3. The van der Waals surface area contributed by atoms with Gasteiger partial charge in [0, 0.05) is 31.2 Å². The lowest BCUT2D eigenvalue weighted by Crippen LogP contribution is -2.18. The van der Waals surface area contributed by atoms with E-state index in [4.69, 9.17) is 0 Å². The third kappa shape index (κ3) is 6.35. The average Bonchev–Trinajstić information content (AvgIpc) is 2.17. The van der Waals surface area contributed by atoms with Gasteiger partial charge < -0.3 is 5.32 Å². The quantitative estimate of drug-likeness (QED) is 0.795. The molecule has 1 aromatic heterocycles. The lowest BCUT2D eigenvalue weighted by molar-refractivity contribution is -0.0327. The number of nitrogens with one attached hydrogen (secondary N) is 1. The highest BCUT2D eigenvalue weighted by Gasteiger charge is 2.27. The van der Waals surface area contributed by atoms with Gasteiger partial charge in [-0.25, -0.2) is 0 Å². The molecular weight excluding hydrogens is 225 g/mol. The topological polar surface area (TPSA) is 24.9 Å². The zero-order chi connectivity index (χ0) is 11.1. The molecule has 6 heteroatoms. The predicted molar refractivity (Wildman–Crippen MR) is 54.5 cm³/mol. The Morgan fingerprint density at radius 2 is 2.20 bits per heavy atom. The maximum absolute atomic E-state index is 11.7. The van der Waals surface area contributed by atoms with Crippen LogP contribution in [0.1, 0.15) is 5.56 Å². The Hall–Kier alpha value is -0.750. The number of hydrogen-bond acceptors (Lipinski definition) is 3. The highest BCUT2D eigenvalue weighted by Crippen LogP contribution is 2.29. The van der Waals surface area contributed by atoms with Gasteiger partial charge in [0.2, 0.25) is 0 Å². The first-order chi connectivity index (χ1) is 7.08. The number of pyridine rings is 1. The maximum Gasteiger partial charge on any atom is 0.441 e. The van der Waals surface area contributed by atoms with Crippen LogP contribution in [0.4, 0.5) is 13.2 Å². The summed E-state index contributed by atoms with van der Waals surface area (Å²) in [5.74, 6) is 0.0315. The van der Waals surface area contributed by atoms with E-state index >= 15 is 0 Å². The van der Waals surface area contributed by atoms with E-state index in [1.807, 2.05) is 6.07 Å². The van der Waals surface area contributed by atoms with Crippen LogP contribution in [0, 0.1) is 0 Å². The van der Waals surface area contributed by atoms with Gasteiger partial charge in [0.1, 0.15) is 0 Å². The first-order valence-corrected chi connectivity index (χ1v) is 5.37. The summed E-state index contributed by atoms with van der Waals surface area (Å²) in [4.78, 5) is 3.90. The van der Waals surface area contributed by atoms with Crippen LogP contribution < -0.4 is 5.32 Å². The summed E-state index contributed by atoms with van der Waals surface area (Å²) >= 11 is -0.00942. The molecule has 1 aromatic rings. The number of thioether (sulfide) groups is 1. The molecule has 0 aliphatic heterocycles. The number of alkyl halides is 3. The molecular formula is C9H11F3N2S. The Bertz CT molecular complexity index is 276.